The lowest BCUT2D eigenvalue weighted by atomic mass is 10.1. The number of para-hydroxylation sites is 1. The minimum atomic E-state index is -1.02. The molecular weight excluding hydrogens is 389 g/mol. The average Bonchev–Trinajstić information content (AvgIpc) is 3.35. The molecule has 0 fully saturated rings. The van der Waals surface area contributed by atoms with E-state index in [1.807, 2.05) is 18.3 Å². The van der Waals surface area contributed by atoms with Crippen LogP contribution in [0.3, 0.4) is 0 Å². The van der Waals surface area contributed by atoms with E-state index in [-0.39, 0.29) is 11.5 Å². The van der Waals surface area contributed by atoms with Gasteiger partial charge >= 0.3 is 5.97 Å². The zero-order valence-corrected chi connectivity index (χ0v) is 16.5. The maximum absolute atomic E-state index is 13.3. The summed E-state index contributed by atoms with van der Waals surface area (Å²) >= 11 is 1.35. The van der Waals surface area contributed by atoms with Gasteiger partial charge in [-0.05, 0) is 35.7 Å². The van der Waals surface area contributed by atoms with E-state index < -0.39 is 5.97 Å². The number of H-pyrrole nitrogens is 1. The normalized spacial score (nSPS) is 11.4. The van der Waals surface area contributed by atoms with Crippen molar-refractivity contribution in [2.24, 2.45) is 0 Å². The summed E-state index contributed by atoms with van der Waals surface area (Å²) in [5.41, 5.74) is 3.41. The molecule has 2 N–H and O–H groups in total. The number of carboxylic acid groups (broad SMARTS) is 1. The second kappa shape index (κ2) is 8.55. The molecule has 5 nitrogen and oxygen atoms in total. The molecule has 0 amide bonds. The van der Waals surface area contributed by atoms with Gasteiger partial charge in [0.05, 0.1) is 6.54 Å². The minimum Gasteiger partial charge on any atom is -0.476 e. The molecule has 0 aliphatic heterocycles. The smallest absolute Gasteiger partial charge is 0.355 e. The highest BCUT2D eigenvalue weighted by Crippen LogP contribution is 2.20. The monoisotopic (exact) mass is 409 g/mol. The van der Waals surface area contributed by atoms with Crippen LogP contribution in [-0.4, -0.2) is 32.5 Å². The second-order valence-electron chi connectivity index (χ2n) is 6.88. The largest absolute Gasteiger partial charge is 0.476 e. The molecule has 4 rings (SSSR count). The van der Waals surface area contributed by atoms with Gasteiger partial charge in [-0.2, -0.15) is 0 Å². The Bertz CT molecular complexity index is 1120. The second-order valence-corrected chi connectivity index (χ2v) is 7.82. The Morgan fingerprint density at radius 2 is 1.93 bits per heavy atom. The number of carbonyl (C=O) groups is 1. The van der Waals surface area contributed by atoms with Crippen molar-refractivity contribution in [2.75, 3.05) is 6.54 Å². The van der Waals surface area contributed by atoms with Gasteiger partial charge in [-0.1, -0.05) is 30.3 Å². The first kappa shape index (κ1) is 19.3. The van der Waals surface area contributed by atoms with Crippen molar-refractivity contribution in [3.05, 3.63) is 87.8 Å². The van der Waals surface area contributed by atoms with Crippen LogP contribution in [0.15, 0.2) is 60.1 Å². The summed E-state index contributed by atoms with van der Waals surface area (Å²) in [6, 6.07) is 14.7. The summed E-state index contributed by atoms with van der Waals surface area (Å²) in [4.78, 5) is 20.8. The van der Waals surface area contributed by atoms with Gasteiger partial charge in [-0.3, -0.25) is 4.90 Å². The molecule has 7 heteroatoms. The number of aromatic carboxylic acids is 1. The molecule has 2 heterocycles. The van der Waals surface area contributed by atoms with Crippen LogP contribution in [0.25, 0.3) is 10.9 Å². The van der Waals surface area contributed by atoms with Crippen molar-refractivity contribution in [2.45, 2.75) is 19.5 Å². The first-order chi connectivity index (χ1) is 14.1. The van der Waals surface area contributed by atoms with E-state index in [0.717, 1.165) is 29.1 Å². The zero-order valence-electron chi connectivity index (χ0n) is 15.6. The third kappa shape index (κ3) is 4.70. The van der Waals surface area contributed by atoms with E-state index in [2.05, 4.69) is 27.0 Å². The number of nitrogens with zero attached hydrogens (tertiary/aromatic N) is 2. The fraction of sp³-hybridized carbons (Fsp3) is 0.182. The number of hydrogen-bond acceptors (Lipinski definition) is 4. The Morgan fingerprint density at radius 1 is 1.14 bits per heavy atom. The van der Waals surface area contributed by atoms with E-state index in [9.17, 15) is 9.18 Å². The fourth-order valence-corrected chi connectivity index (χ4v) is 4.16. The van der Waals surface area contributed by atoms with Crippen LogP contribution < -0.4 is 0 Å². The number of hydrogen-bond donors (Lipinski definition) is 2. The van der Waals surface area contributed by atoms with Crippen LogP contribution in [0, 0.1) is 5.82 Å². The van der Waals surface area contributed by atoms with E-state index in [1.54, 1.807) is 17.5 Å². The van der Waals surface area contributed by atoms with Crippen molar-refractivity contribution in [1.82, 2.24) is 14.9 Å². The van der Waals surface area contributed by atoms with Crippen LogP contribution in [-0.2, 0) is 19.5 Å². The molecule has 0 aliphatic carbocycles. The van der Waals surface area contributed by atoms with E-state index >= 15 is 0 Å². The summed E-state index contributed by atoms with van der Waals surface area (Å²) in [6.45, 7) is 1.93. The Labute approximate surface area is 171 Å². The SMILES string of the molecule is O=C(O)c1csc(CN(CCc2c[nH]c3ccccc23)Cc2ccc(F)cc2)n1. The van der Waals surface area contributed by atoms with Crippen LogP contribution in [0.2, 0.25) is 0 Å². The lowest BCUT2D eigenvalue weighted by Gasteiger charge is -2.21. The number of aromatic amines is 1. The van der Waals surface area contributed by atoms with Gasteiger partial charge in [0.1, 0.15) is 10.8 Å². The fourth-order valence-electron chi connectivity index (χ4n) is 3.35. The molecule has 29 heavy (non-hydrogen) atoms. The standard InChI is InChI=1S/C22H20FN3O2S/c23-17-7-5-15(6-8-17)12-26(13-21-25-20(14-29-21)22(27)28)10-9-16-11-24-19-4-2-1-3-18(16)19/h1-8,11,14,24H,9-10,12-13H2,(H,27,28). The number of rotatable bonds is 8. The number of nitrogens with one attached hydrogen (secondary N) is 1. The van der Waals surface area contributed by atoms with E-state index in [1.165, 1.54) is 34.4 Å². The van der Waals surface area contributed by atoms with Crippen molar-refractivity contribution >= 4 is 28.2 Å². The van der Waals surface area contributed by atoms with Gasteiger partial charge in [-0.15, -0.1) is 11.3 Å². The Hall–Kier alpha value is -3.03. The van der Waals surface area contributed by atoms with Crippen molar-refractivity contribution in [3.8, 4) is 0 Å². The Kier molecular flexibility index (Phi) is 5.69. The van der Waals surface area contributed by atoms with Gasteiger partial charge in [0, 0.05) is 35.6 Å². The topological polar surface area (TPSA) is 69.2 Å². The van der Waals surface area contributed by atoms with E-state index in [0.29, 0.717) is 13.1 Å². The summed E-state index contributed by atoms with van der Waals surface area (Å²) in [5, 5.41) is 12.6. The summed E-state index contributed by atoms with van der Waals surface area (Å²) in [6.07, 6.45) is 2.87. The van der Waals surface area contributed by atoms with Crippen molar-refractivity contribution in [3.63, 3.8) is 0 Å². The minimum absolute atomic E-state index is 0.0726. The summed E-state index contributed by atoms with van der Waals surface area (Å²) in [7, 11) is 0. The van der Waals surface area contributed by atoms with Gasteiger partial charge in [0.25, 0.3) is 0 Å². The van der Waals surface area contributed by atoms with E-state index in [4.69, 9.17) is 5.11 Å². The highest BCUT2D eigenvalue weighted by atomic mass is 32.1. The first-order valence-corrected chi connectivity index (χ1v) is 10.2. The molecule has 0 unspecified atom stereocenters. The molecule has 148 valence electrons. The first-order valence-electron chi connectivity index (χ1n) is 9.28. The third-order valence-electron chi connectivity index (χ3n) is 4.82. The summed E-state index contributed by atoms with van der Waals surface area (Å²) in [5.74, 6) is -1.28. The average molecular weight is 409 g/mol. The number of carboxylic acids is 1. The lowest BCUT2D eigenvalue weighted by molar-refractivity contribution is 0.0691. The van der Waals surface area contributed by atoms with Crippen LogP contribution >= 0.6 is 11.3 Å². The molecule has 0 aliphatic rings. The molecule has 2 aromatic heterocycles. The van der Waals surface area contributed by atoms with Crippen molar-refractivity contribution < 1.29 is 14.3 Å². The quantitative estimate of drug-likeness (QED) is 0.442. The molecule has 0 radical (unpaired) electrons. The molecule has 0 saturated carbocycles. The predicted octanol–water partition coefficient (Wildman–Crippen LogP) is 4.71. The van der Waals surface area contributed by atoms with Gasteiger partial charge in [-0.25, -0.2) is 14.2 Å². The van der Waals surface area contributed by atoms with Crippen LogP contribution in [0.1, 0.15) is 26.6 Å². The van der Waals surface area contributed by atoms with Crippen molar-refractivity contribution in [1.29, 1.82) is 0 Å². The zero-order chi connectivity index (χ0) is 20.2. The molecule has 0 atom stereocenters. The van der Waals surface area contributed by atoms with Gasteiger partial charge < -0.3 is 10.1 Å². The molecule has 0 bridgehead atoms. The summed E-state index contributed by atoms with van der Waals surface area (Å²) < 4.78 is 13.3. The molecule has 0 saturated heterocycles. The Morgan fingerprint density at radius 3 is 2.69 bits per heavy atom. The van der Waals surface area contributed by atoms with Crippen LogP contribution in [0.5, 0.6) is 0 Å². The predicted molar refractivity (Wildman–Crippen MR) is 112 cm³/mol. The molecular formula is C22H20FN3O2S. The lowest BCUT2D eigenvalue weighted by Crippen LogP contribution is -2.25. The Balaban J connectivity index is 1.51. The number of benzene rings is 2. The van der Waals surface area contributed by atoms with Gasteiger partial charge in [0.2, 0.25) is 0 Å². The third-order valence-corrected chi connectivity index (χ3v) is 5.66. The maximum atomic E-state index is 13.3. The number of thiazole rings is 1. The number of aromatic nitrogens is 2. The van der Waals surface area contributed by atoms with Crippen LogP contribution in [0.4, 0.5) is 4.39 Å². The number of fused-ring (bicyclic) bond motifs is 1. The molecule has 4 aromatic rings. The maximum Gasteiger partial charge on any atom is 0.355 e. The van der Waals surface area contributed by atoms with Gasteiger partial charge in [0.15, 0.2) is 5.69 Å². The molecule has 0 spiro atoms. The molecule has 2 aromatic carbocycles. The highest BCUT2D eigenvalue weighted by Gasteiger charge is 2.14. The number of halogens is 1. The highest BCUT2D eigenvalue weighted by molar-refractivity contribution is 7.09.